The van der Waals surface area contributed by atoms with Crippen LogP contribution in [0.25, 0.3) is 0 Å². The summed E-state index contributed by atoms with van der Waals surface area (Å²) in [5, 5.41) is 10.6. The molecule has 0 aliphatic carbocycles. The lowest BCUT2D eigenvalue weighted by Gasteiger charge is -2.13. The fraction of sp³-hybridized carbons (Fsp3) is 0.143. The highest BCUT2D eigenvalue weighted by Gasteiger charge is 2.11. The van der Waals surface area contributed by atoms with Crippen molar-refractivity contribution in [2.24, 2.45) is 5.73 Å². The van der Waals surface area contributed by atoms with Crippen molar-refractivity contribution in [2.45, 2.75) is 13.0 Å². The molecule has 6 heteroatoms. The molecule has 2 rings (SSSR count). The van der Waals surface area contributed by atoms with Gasteiger partial charge in [0.1, 0.15) is 17.3 Å². The van der Waals surface area contributed by atoms with E-state index in [-0.39, 0.29) is 5.69 Å². The molecule has 0 aliphatic rings. The van der Waals surface area contributed by atoms with Crippen LogP contribution in [0.5, 0.6) is 11.5 Å². The van der Waals surface area contributed by atoms with Gasteiger partial charge in [0.25, 0.3) is 5.69 Å². The second-order valence-corrected chi connectivity index (χ2v) is 4.32. The van der Waals surface area contributed by atoms with E-state index in [2.05, 4.69) is 0 Å². The summed E-state index contributed by atoms with van der Waals surface area (Å²) in [4.78, 5) is 10.1. The van der Waals surface area contributed by atoms with Crippen LogP contribution in [0, 0.1) is 15.9 Å². The van der Waals surface area contributed by atoms with E-state index in [4.69, 9.17) is 10.5 Å². The predicted octanol–water partition coefficient (Wildman–Crippen LogP) is 3.55. The SMILES string of the molecule is CC(N)c1cc(F)ccc1Oc1ccc([N+](=O)[O-])cc1. The van der Waals surface area contributed by atoms with E-state index in [1.165, 1.54) is 42.5 Å². The molecule has 104 valence electrons. The van der Waals surface area contributed by atoms with Gasteiger partial charge in [0, 0.05) is 23.7 Å². The van der Waals surface area contributed by atoms with E-state index in [1.54, 1.807) is 6.92 Å². The number of halogens is 1. The van der Waals surface area contributed by atoms with Crippen LogP contribution in [0.2, 0.25) is 0 Å². The Kier molecular flexibility index (Phi) is 3.95. The molecule has 0 aromatic heterocycles. The highest BCUT2D eigenvalue weighted by Crippen LogP contribution is 2.30. The summed E-state index contributed by atoms with van der Waals surface area (Å²) in [6.45, 7) is 1.72. The summed E-state index contributed by atoms with van der Waals surface area (Å²) in [5.41, 5.74) is 6.27. The molecule has 20 heavy (non-hydrogen) atoms. The maximum atomic E-state index is 13.2. The van der Waals surface area contributed by atoms with Crippen LogP contribution in [-0.4, -0.2) is 4.92 Å². The number of nitrogens with zero attached hydrogens (tertiary/aromatic N) is 1. The summed E-state index contributed by atoms with van der Waals surface area (Å²) in [6, 6.07) is 9.31. The summed E-state index contributed by atoms with van der Waals surface area (Å²) >= 11 is 0. The van der Waals surface area contributed by atoms with Gasteiger partial charge in [-0.15, -0.1) is 0 Å². The molecule has 5 nitrogen and oxygen atoms in total. The Bertz CT molecular complexity index is 627. The Morgan fingerprint density at radius 3 is 2.45 bits per heavy atom. The van der Waals surface area contributed by atoms with Crippen LogP contribution < -0.4 is 10.5 Å². The van der Waals surface area contributed by atoms with E-state index in [1.807, 2.05) is 0 Å². The Morgan fingerprint density at radius 2 is 1.90 bits per heavy atom. The second-order valence-electron chi connectivity index (χ2n) is 4.32. The number of nitrogens with two attached hydrogens (primary N) is 1. The molecule has 1 unspecified atom stereocenters. The second kappa shape index (κ2) is 5.66. The zero-order valence-corrected chi connectivity index (χ0v) is 10.7. The number of non-ortho nitro benzene ring substituents is 1. The largest absolute Gasteiger partial charge is 0.457 e. The molecule has 0 amide bonds. The summed E-state index contributed by atoms with van der Waals surface area (Å²) in [7, 11) is 0. The van der Waals surface area contributed by atoms with Crippen molar-refractivity contribution in [3.63, 3.8) is 0 Å². The minimum Gasteiger partial charge on any atom is -0.457 e. The van der Waals surface area contributed by atoms with Crippen molar-refractivity contribution in [2.75, 3.05) is 0 Å². The van der Waals surface area contributed by atoms with Crippen molar-refractivity contribution >= 4 is 5.69 Å². The number of nitro benzene ring substituents is 1. The van der Waals surface area contributed by atoms with Crippen molar-refractivity contribution < 1.29 is 14.1 Å². The van der Waals surface area contributed by atoms with Crippen LogP contribution >= 0.6 is 0 Å². The number of nitro groups is 1. The number of benzene rings is 2. The minimum absolute atomic E-state index is 0.0242. The average Bonchev–Trinajstić information content (AvgIpc) is 2.41. The van der Waals surface area contributed by atoms with Crippen LogP contribution in [-0.2, 0) is 0 Å². The topological polar surface area (TPSA) is 78.4 Å². The van der Waals surface area contributed by atoms with Gasteiger partial charge in [0.15, 0.2) is 0 Å². The third kappa shape index (κ3) is 3.10. The Hall–Kier alpha value is -2.47. The standard InChI is InChI=1S/C14H13FN2O3/c1-9(16)13-8-10(15)2-7-14(13)20-12-5-3-11(4-6-12)17(18)19/h2-9H,16H2,1H3. The number of ether oxygens (including phenoxy) is 1. The van der Waals surface area contributed by atoms with Crippen LogP contribution in [0.1, 0.15) is 18.5 Å². The first-order valence-corrected chi connectivity index (χ1v) is 5.94. The predicted molar refractivity (Wildman–Crippen MR) is 72.2 cm³/mol. The maximum Gasteiger partial charge on any atom is 0.269 e. The fourth-order valence-corrected chi connectivity index (χ4v) is 1.73. The molecule has 0 spiro atoms. The molecule has 0 heterocycles. The molecule has 0 saturated heterocycles. The Labute approximate surface area is 114 Å². The first-order chi connectivity index (χ1) is 9.47. The lowest BCUT2D eigenvalue weighted by molar-refractivity contribution is -0.384. The molecule has 2 aromatic rings. The maximum absolute atomic E-state index is 13.2. The van der Waals surface area contributed by atoms with Crippen molar-refractivity contribution in [3.8, 4) is 11.5 Å². The lowest BCUT2D eigenvalue weighted by Crippen LogP contribution is -2.07. The van der Waals surface area contributed by atoms with Gasteiger partial charge in [-0.05, 0) is 37.3 Å². The summed E-state index contributed by atoms with van der Waals surface area (Å²) in [5.74, 6) is 0.452. The quantitative estimate of drug-likeness (QED) is 0.684. The smallest absolute Gasteiger partial charge is 0.269 e. The molecular weight excluding hydrogens is 263 g/mol. The molecule has 0 saturated carbocycles. The van der Waals surface area contributed by atoms with E-state index in [0.717, 1.165) is 0 Å². The van der Waals surface area contributed by atoms with Crippen LogP contribution in [0.3, 0.4) is 0 Å². The minimum atomic E-state index is -0.491. The van der Waals surface area contributed by atoms with E-state index in [9.17, 15) is 14.5 Å². The normalized spacial score (nSPS) is 11.9. The van der Waals surface area contributed by atoms with Gasteiger partial charge < -0.3 is 10.5 Å². The monoisotopic (exact) mass is 276 g/mol. The molecule has 0 fully saturated rings. The molecule has 1 atom stereocenters. The summed E-state index contributed by atoms with van der Waals surface area (Å²) < 4.78 is 18.8. The molecule has 0 radical (unpaired) electrons. The van der Waals surface area contributed by atoms with Crippen LogP contribution in [0.15, 0.2) is 42.5 Å². The van der Waals surface area contributed by atoms with Crippen molar-refractivity contribution in [3.05, 3.63) is 64.0 Å². The van der Waals surface area contributed by atoms with Crippen molar-refractivity contribution in [1.82, 2.24) is 0 Å². The van der Waals surface area contributed by atoms with Gasteiger partial charge >= 0.3 is 0 Å². The molecule has 0 bridgehead atoms. The average molecular weight is 276 g/mol. The Balaban J connectivity index is 2.27. The van der Waals surface area contributed by atoms with E-state index < -0.39 is 16.8 Å². The van der Waals surface area contributed by atoms with E-state index >= 15 is 0 Å². The number of hydrogen-bond donors (Lipinski definition) is 1. The Morgan fingerprint density at radius 1 is 1.25 bits per heavy atom. The van der Waals surface area contributed by atoms with Gasteiger partial charge in [-0.25, -0.2) is 4.39 Å². The third-order valence-corrected chi connectivity index (χ3v) is 2.74. The lowest BCUT2D eigenvalue weighted by atomic mass is 10.1. The van der Waals surface area contributed by atoms with Gasteiger partial charge in [0.2, 0.25) is 0 Å². The first-order valence-electron chi connectivity index (χ1n) is 5.94. The van der Waals surface area contributed by atoms with Crippen LogP contribution in [0.4, 0.5) is 10.1 Å². The molecular formula is C14H13FN2O3. The highest BCUT2D eigenvalue weighted by atomic mass is 19.1. The molecule has 0 aliphatic heterocycles. The zero-order valence-electron chi connectivity index (χ0n) is 10.7. The van der Waals surface area contributed by atoms with Gasteiger partial charge in [-0.1, -0.05) is 0 Å². The molecule has 2 aromatic carbocycles. The van der Waals surface area contributed by atoms with E-state index in [0.29, 0.717) is 17.1 Å². The number of rotatable bonds is 4. The highest BCUT2D eigenvalue weighted by molar-refractivity contribution is 5.42. The zero-order chi connectivity index (χ0) is 14.7. The summed E-state index contributed by atoms with van der Waals surface area (Å²) in [6.07, 6.45) is 0. The van der Waals surface area contributed by atoms with Crippen molar-refractivity contribution in [1.29, 1.82) is 0 Å². The number of hydrogen-bond acceptors (Lipinski definition) is 4. The van der Waals surface area contributed by atoms with Gasteiger partial charge in [0.05, 0.1) is 4.92 Å². The fourth-order valence-electron chi connectivity index (χ4n) is 1.73. The molecule has 2 N–H and O–H groups in total. The van der Waals surface area contributed by atoms with Gasteiger partial charge in [-0.2, -0.15) is 0 Å². The van der Waals surface area contributed by atoms with Gasteiger partial charge in [-0.3, -0.25) is 10.1 Å². The third-order valence-electron chi connectivity index (χ3n) is 2.74. The first kappa shape index (κ1) is 14.0.